The third-order valence-corrected chi connectivity index (χ3v) is 3.44. The van der Waals surface area contributed by atoms with E-state index in [0.717, 1.165) is 6.42 Å². The SMILES string of the molecule is CCC(COC)N1CC(=O)NC(C)(CC)C1=O. The summed E-state index contributed by atoms with van der Waals surface area (Å²) in [6, 6.07) is -0.0237. The Morgan fingerprint density at radius 2 is 2.12 bits per heavy atom. The van der Waals surface area contributed by atoms with Crippen molar-refractivity contribution in [3.63, 3.8) is 0 Å². The van der Waals surface area contributed by atoms with Crippen LogP contribution < -0.4 is 5.32 Å². The molecule has 2 atom stereocenters. The highest BCUT2D eigenvalue weighted by atomic mass is 16.5. The molecule has 2 amide bonds. The van der Waals surface area contributed by atoms with E-state index < -0.39 is 5.54 Å². The molecule has 0 aromatic carbocycles. The first-order valence-electron chi connectivity index (χ1n) is 6.09. The Hall–Kier alpha value is -1.10. The molecule has 2 unspecified atom stereocenters. The van der Waals surface area contributed by atoms with E-state index in [9.17, 15) is 9.59 Å². The summed E-state index contributed by atoms with van der Waals surface area (Å²) in [6.07, 6.45) is 1.38. The molecule has 1 aliphatic heterocycles. The van der Waals surface area contributed by atoms with E-state index in [4.69, 9.17) is 4.74 Å². The summed E-state index contributed by atoms with van der Waals surface area (Å²) in [6.45, 7) is 6.27. The Bertz CT molecular complexity index is 306. The number of nitrogens with zero attached hydrogens (tertiary/aromatic N) is 1. The number of carbonyl (C=O) groups excluding carboxylic acids is 2. The van der Waals surface area contributed by atoms with Gasteiger partial charge >= 0.3 is 0 Å². The Balaban J connectivity index is 2.90. The van der Waals surface area contributed by atoms with Crippen molar-refractivity contribution in [3.8, 4) is 0 Å². The zero-order valence-corrected chi connectivity index (χ0v) is 11.1. The second-order valence-corrected chi connectivity index (χ2v) is 4.68. The summed E-state index contributed by atoms with van der Waals surface area (Å²) in [5, 5.41) is 2.77. The van der Waals surface area contributed by atoms with Crippen molar-refractivity contribution in [1.82, 2.24) is 10.2 Å². The summed E-state index contributed by atoms with van der Waals surface area (Å²) in [5.41, 5.74) is -0.767. The molecule has 0 aromatic rings. The molecule has 0 aromatic heterocycles. The van der Waals surface area contributed by atoms with Gasteiger partial charge in [0, 0.05) is 7.11 Å². The van der Waals surface area contributed by atoms with Gasteiger partial charge in [-0.05, 0) is 19.8 Å². The van der Waals surface area contributed by atoms with Crippen molar-refractivity contribution >= 4 is 11.8 Å². The fourth-order valence-electron chi connectivity index (χ4n) is 2.10. The van der Waals surface area contributed by atoms with Gasteiger partial charge in [0.1, 0.15) is 12.1 Å². The second kappa shape index (κ2) is 5.49. The van der Waals surface area contributed by atoms with Gasteiger partial charge in [-0.3, -0.25) is 9.59 Å². The summed E-state index contributed by atoms with van der Waals surface area (Å²) in [4.78, 5) is 25.7. The lowest BCUT2D eigenvalue weighted by molar-refractivity contribution is -0.153. The molecule has 0 saturated carbocycles. The van der Waals surface area contributed by atoms with Crippen LogP contribution in [0.1, 0.15) is 33.6 Å². The van der Waals surface area contributed by atoms with Crippen molar-refractivity contribution in [3.05, 3.63) is 0 Å². The number of methoxy groups -OCH3 is 1. The maximum Gasteiger partial charge on any atom is 0.248 e. The van der Waals surface area contributed by atoms with Gasteiger partial charge in [-0.1, -0.05) is 13.8 Å². The maximum atomic E-state index is 12.4. The zero-order chi connectivity index (χ0) is 13.1. The lowest BCUT2D eigenvalue weighted by Crippen LogP contribution is -2.67. The van der Waals surface area contributed by atoms with Crippen LogP contribution in [-0.2, 0) is 14.3 Å². The van der Waals surface area contributed by atoms with Crippen LogP contribution >= 0.6 is 0 Å². The van der Waals surface area contributed by atoms with Crippen molar-refractivity contribution in [2.75, 3.05) is 20.3 Å². The number of carbonyl (C=O) groups is 2. The van der Waals surface area contributed by atoms with Gasteiger partial charge in [-0.25, -0.2) is 0 Å². The van der Waals surface area contributed by atoms with E-state index in [-0.39, 0.29) is 24.4 Å². The van der Waals surface area contributed by atoms with E-state index in [2.05, 4.69) is 5.32 Å². The monoisotopic (exact) mass is 242 g/mol. The van der Waals surface area contributed by atoms with Gasteiger partial charge in [-0.15, -0.1) is 0 Å². The maximum absolute atomic E-state index is 12.4. The van der Waals surface area contributed by atoms with Gasteiger partial charge in [0.2, 0.25) is 11.8 Å². The first-order chi connectivity index (χ1) is 7.98. The van der Waals surface area contributed by atoms with E-state index in [1.807, 2.05) is 13.8 Å². The molecule has 5 heteroatoms. The molecule has 1 fully saturated rings. The minimum atomic E-state index is -0.767. The molecule has 0 aliphatic carbocycles. The average molecular weight is 242 g/mol. The predicted molar refractivity (Wildman–Crippen MR) is 64.5 cm³/mol. The third-order valence-electron chi connectivity index (χ3n) is 3.44. The normalized spacial score (nSPS) is 26.9. The van der Waals surface area contributed by atoms with E-state index in [0.29, 0.717) is 13.0 Å². The van der Waals surface area contributed by atoms with Crippen LogP contribution in [0.15, 0.2) is 0 Å². The highest BCUT2D eigenvalue weighted by Crippen LogP contribution is 2.20. The number of hydrogen-bond donors (Lipinski definition) is 1. The van der Waals surface area contributed by atoms with Crippen LogP contribution in [0.5, 0.6) is 0 Å². The topological polar surface area (TPSA) is 58.6 Å². The van der Waals surface area contributed by atoms with E-state index in [1.165, 1.54) is 0 Å². The molecule has 0 bridgehead atoms. The molecular weight excluding hydrogens is 220 g/mol. The summed E-state index contributed by atoms with van der Waals surface area (Å²) < 4.78 is 5.11. The van der Waals surface area contributed by atoms with Gasteiger partial charge < -0.3 is 15.0 Å². The second-order valence-electron chi connectivity index (χ2n) is 4.68. The summed E-state index contributed by atoms with van der Waals surface area (Å²) in [7, 11) is 1.61. The molecule has 5 nitrogen and oxygen atoms in total. The smallest absolute Gasteiger partial charge is 0.248 e. The summed E-state index contributed by atoms with van der Waals surface area (Å²) >= 11 is 0. The van der Waals surface area contributed by atoms with Crippen LogP contribution in [0.25, 0.3) is 0 Å². The molecule has 0 spiro atoms. The van der Waals surface area contributed by atoms with Gasteiger partial charge in [0.05, 0.1) is 12.6 Å². The number of nitrogens with one attached hydrogen (secondary N) is 1. The zero-order valence-electron chi connectivity index (χ0n) is 11.1. The van der Waals surface area contributed by atoms with E-state index in [1.54, 1.807) is 18.9 Å². The standard InChI is InChI=1S/C12H22N2O3/c1-5-9(8-17-4)14-7-10(15)13-12(3,6-2)11(14)16/h9H,5-8H2,1-4H3,(H,13,15). The Kier molecular flexibility index (Phi) is 4.51. The van der Waals surface area contributed by atoms with Crippen molar-refractivity contribution < 1.29 is 14.3 Å². The quantitative estimate of drug-likeness (QED) is 0.765. The number of rotatable bonds is 5. The molecule has 1 N–H and O–H groups in total. The molecule has 1 rings (SSSR count). The fourth-order valence-corrected chi connectivity index (χ4v) is 2.10. The average Bonchev–Trinajstić information content (AvgIpc) is 2.31. The first kappa shape index (κ1) is 14.0. The highest BCUT2D eigenvalue weighted by Gasteiger charge is 2.43. The minimum Gasteiger partial charge on any atom is -0.383 e. The van der Waals surface area contributed by atoms with E-state index >= 15 is 0 Å². The molecular formula is C12H22N2O3. The molecule has 98 valence electrons. The van der Waals surface area contributed by atoms with Crippen LogP contribution in [0.4, 0.5) is 0 Å². The molecule has 1 heterocycles. The Morgan fingerprint density at radius 3 is 2.59 bits per heavy atom. The number of ether oxygens (including phenoxy) is 1. The van der Waals surface area contributed by atoms with Gasteiger partial charge in [0.25, 0.3) is 0 Å². The lowest BCUT2D eigenvalue weighted by atomic mass is 9.93. The van der Waals surface area contributed by atoms with Crippen LogP contribution in [0.3, 0.4) is 0 Å². The Morgan fingerprint density at radius 1 is 1.47 bits per heavy atom. The molecule has 1 aliphatic rings. The molecule has 17 heavy (non-hydrogen) atoms. The van der Waals surface area contributed by atoms with Gasteiger partial charge in [-0.2, -0.15) is 0 Å². The predicted octanol–water partition coefficient (Wildman–Crippen LogP) is 0.538. The van der Waals surface area contributed by atoms with Crippen molar-refractivity contribution in [2.45, 2.75) is 45.2 Å². The first-order valence-corrected chi connectivity index (χ1v) is 6.09. The van der Waals surface area contributed by atoms with Crippen molar-refractivity contribution in [1.29, 1.82) is 0 Å². The Labute approximate surface area is 102 Å². The van der Waals surface area contributed by atoms with Crippen LogP contribution in [-0.4, -0.2) is 48.6 Å². The summed E-state index contributed by atoms with van der Waals surface area (Å²) in [5.74, 6) is -0.105. The molecule has 0 radical (unpaired) electrons. The lowest BCUT2D eigenvalue weighted by Gasteiger charge is -2.42. The molecule has 1 saturated heterocycles. The highest BCUT2D eigenvalue weighted by molar-refractivity contribution is 5.97. The number of piperazine rings is 1. The van der Waals surface area contributed by atoms with Crippen molar-refractivity contribution in [2.24, 2.45) is 0 Å². The number of hydrogen-bond acceptors (Lipinski definition) is 3. The van der Waals surface area contributed by atoms with Crippen LogP contribution in [0, 0.1) is 0 Å². The minimum absolute atomic E-state index is 0.0106. The van der Waals surface area contributed by atoms with Gasteiger partial charge in [0.15, 0.2) is 0 Å². The number of amides is 2. The fraction of sp³-hybridized carbons (Fsp3) is 0.833. The third kappa shape index (κ3) is 2.77. The largest absolute Gasteiger partial charge is 0.383 e. The van der Waals surface area contributed by atoms with Crippen LogP contribution in [0.2, 0.25) is 0 Å².